The molecule has 1 aromatic rings. The molecule has 1 fully saturated rings. The quantitative estimate of drug-likeness (QED) is 0.783. The number of hydrogen-bond acceptors (Lipinski definition) is 3. The second kappa shape index (κ2) is 6.34. The number of aromatic amines is 1. The predicted octanol–water partition coefficient (Wildman–Crippen LogP) is 1.38. The van der Waals surface area contributed by atoms with Gasteiger partial charge in [-0.25, -0.2) is 0 Å². The van der Waals surface area contributed by atoms with Crippen LogP contribution in [0.15, 0.2) is 21.5 Å². The van der Waals surface area contributed by atoms with Gasteiger partial charge in [0.1, 0.15) is 0 Å². The predicted molar refractivity (Wildman–Crippen MR) is 77.0 cm³/mol. The van der Waals surface area contributed by atoms with Gasteiger partial charge in [0.15, 0.2) is 0 Å². The highest BCUT2D eigenvalue weighted by Gasteiger charge is 2.25. The molecule has 1 aliphatic rings. The molecule has 19 heavy (non-hydrogen) atoms. The molecule has 4 N–H and O–H groups in total. The van der Waals surface area contributed by atoms with Gasteiger partial charge in [0.05, 0.1) is 10.0 Å². The summed E-state index contributed by atoms with van der Waals surface area (Å²) in [6.07, 6.45) is 5.77. The Morgan fingerprint density at radius 3 is 2.89 bits per heavy atom. The summed E-state index contributed by atoms with van der Waals surface area (Å²) in [7, 11) is 0. The lowest BCUT2D eigenvalue weighted by atomic mass is 9.84. The van der Waals surface area contributed by atoms with E-state index in [1.807, 2.05) is 0 Å². The van der Waals surface area contributed by atoms with Gasteiger partial charge in [-0.3, -0.25) is 9.59 Å². The topological polar surface area (TPSA) is 88.0 Å². The highest BCUT2D eigenvalue weighted by molar-refractivity contribution is 9.10. The van der Waals surface area contributed by atoms with E-state index in [-0.39, 0.29) is 17.5 Å². The molecule has 6 heteroatoms. The van der Waals surface area contributed by atoms with Gasteiger partial charge < -0.3 is 16.0 Å². The first-order valence-corrected chi connectivity index (χ1v) is 7.30. The summed E-state index contributed by atoms with van der Waals surface area (Å²) in [4.78, 5) is 25.9. The zero-order valence-electron chi connectivity index (χ0n) is 10.6. The van der Waals surface area contributed by atoms with Crippen LogP contribution in [-0.2, 0) is 0 Å². The van der Waals surface area contributed by atoms with Crippen molar-refractivity contribution in [1.82, 2.24) is 10.3 Å². The van der Waals surface area contributed by atoms with E-state index in [1.165, 1.54) is 18.7 Å². The van der Waals surface area contributed by atoms with E-state index >= 15 is 0 Å². The monoisotopic (exact) mass is 327 g/mol. The van der Waals surface area contributed by atoms with Crippen molar-refractivity contribution in [3.8, 4) is 0 Å². The second-order valence-electron chi connectivity index (χ2n) is 4.93. The Labute approximate surface area is 120 Å². The first kappa shape index (κ1) is 14.3. The van der Waals surface area contributed by atoms with Crippen molar-refractivity contribution in [1.29, 1.82) is 0 Å². The minimum atomic E-state index is -0.242. The molecule has 104 valence electrons. The number of nitrogens with two attached hydrogens (primary N) is 1. The molecule has 0 saturated heterocycles. The summed E-state index contributed by atoms with van der Waals surface area (Å²) in [5.41, 5.74) is 5.96. The van der Waals surface area contributed by atoms with Crippen molar-refractivity contribution in [2.24, 2.45) is 11.7 Å². The molecule has 1 saturated carbocycles. The van der Waals surface area contributed by atoms with Crippen LogP contribution in [0.4, 0.5) is 0 Å². The fourth-order valence-corrected chi connectivity index (χ4v) is 2.88. The van der Waals surface area contributed by atoms with Gasteiger partial charge in [0.2, 0.25) is 0 Å². The van der Waals surface area contributed by atoms with Crippen molar-refractivity contribution in [2.45, 2.75) is 31.7 Å². The second-order valence-corrected chi connectivity index (χ2v) is 5.78. The Kier molecular flexibility index (Phi) is 4.76. The maximum absolute atomic E-state index is 12.1. The lowest BCUT2D eigenvalue weighted by Crippen LogP contribution is -2.44. The minimum Gasteiger partial charge on any atom is -0.349 e. The van der Waals surface area contributed by atoms with E-state index in [0.717, 1.165) is 19.3 Å². The average Bonchev–Trinajstić information content (AvgIpc) is 2.42. The zero-order valence-corrected chi connectivity index (χ0v) is 12.2. The number of amides is 1. The summed E-state index contributed by atoms with van der Waals surface area (Å²) in [6.45, 7) is 0.597. The normalized spacial score (nSPS) is 23.1. The van der Waals surface area contributed by atoms with Crippen LogP contribution in [0, 0.1) is 5.92 Å². The van der Waals surface area contributed by atoms with Crippen molar-refractivity contribution >= 4 is 21.8 Å². The van der Waals surface area contributed by atoms with E-state index < -0.39 is 0 Å². The standard InChI is InChI=1S/C13H18BrN3O2/c14-10-5-9(7-16-13(10)19)12(18)17-11-4-2-1-3-8(11)6-15/h5,7-8,11H,1-4,6,15H2,(H,16,19)(H,17,18). The summed E-state index contributed by atoms with van der Waals surface area (Å²) < 4.78 is 0.360. The van der Waals surface area contributed by atoms with Gasteiger partial charge >= 0.3 is 0 Å². The molecule has 5 nitrogen and oxygen atoms in total. The molecule has 0 aliphatic heterocycles. The van der Waals surface area contributed by atoms with Crippen molar-refractivity contribution in [3.63, 3.8) is 0 Å². The molecule has 2 rings (SSSR count). The average molecular weight is 328 g/mol. The van der Waals surface area contributed by atoms with Crippen LogP contribution in [0.25, 0.3) is 0 Å². The molecule has 2 unspecified atom stereocenters. The number of hydrogen-bond donors (Lipinski definition) is 3. The fraction of sp³-hybridized carbons (Fsp3) is 0.538. The first-order chi connectivity index (χ1) is 9.11. The molecular weight excluding hydrogens is 310 g/mol. The minimum absolute atomic E-state index is 0.136. The fourth-order valence-electron chi connectivity index (χ4n) is 2.52. The first-order valence-electron chi connectivity index (χ1n) is 6.51. The number of H-pyrrole nitrogens is 1. The number of carbonyl (C=O) groups is 1. The van der Waals surface area contributed by atoms with Crippen molar-refractivity contribution in [3.05, 3.63) is 32.7 Å². The largest absolute Gasteiger partial charge is 0.349 e. The van der Waals surface area contributed by atoms with E-state index in [4.69, 9.17) is 5.73 Å². The van der Waals surface area contributed by atoms with Gasteiger partial charge in [0.25, 0.3) is 11.5 Å². The lowest BCUT2D eigenvalue weighted by Gasteiger charge is -2.31. The van der Waals surface area contributed by atoms with E-state index in [2.05, 4.69) is 26.2 Å². The Balaban J connectivity index is 2.07. The lowest BCUT2D eigenvalue weighted by molar-refractivity contribution is 0.0907. The summed E-state index contributed by atoms with van der Waals surface area (Å²) in [5, 5.41) is 3.02. The molecule has 0 aromatic carbocycles. The number of carbonyl (C=O) groups excluding carboxylic acids is 1. The van der Waals surface area contributed by atoms with Gasteiger partial charge in [-0.05, 0) is 47.3 Å². The van der Waals surface area contributed by atoms with Crippen LogP contribution >= 0.6 is 15.9 Å². The van der Waals surface area contributed by atoms with Gasteiger partial charge in [0, 0.05) is 12.2 Å². The van der Waals surface area contributed by atoms with Crippen LogP contribution in [0.5, 0.6) is 0 Å². The van der Waals surface area contributed by atoms with E-state index in [9.17, 15) is 9.59 Å². The smallest absolute Gasteiger partial charge is 0.262 e. The Morgan fingerprint density at radius 2 is 2.21 bits per heavy atom. The SMILES string of the molecule is NCC1CCCCC1NC(=O)c1c[nH]c(=O)c(Br)c1. The maximum atomic E-state index is 12.1. The number of pyridine rings is 1. The van der Waals surface area contributed by atoms with Crippen LogP contribution in [-0.4, -0.2) is 23.5 Å². The van der Waals surface area contributed by atoms with Crippen LogP contribution < -0.4 is 16.6 Å². The molecular formula is C13H18BrN3O2. The molecule has 2 atom stereocenters. The number of rotatable bonds is 3. The van der Waals surface area contributed by atoms with Gasteiger partial charge in [-0.1, -0.05) is 12.8 Å². The summed E-state index contributed by atoms with van der Waals surface area (Å²) >= 11 is 3.12. The number of halogens is 1. The highest BCUT2D eigenvalue weighted by atomic mass is 79.9. The third-order valence-electron chi connectivity index (χ3n) is 3.65. The Morgan fingerprint density at radius 1 is 1.47 bits per heavy atom. The van der Waals surface area contributed by atoms with Gasteiger partial charge in [-0.15, -0.1) is 0 Å². The molecule has 1 aliphatic carbocycles. The molecule has 0 radical (unpaired) electrons. The summed E-state index contributed by atoms with van der Waals surface area (Å²) in [5.74, 6) is 0.186. The molecule has 0 spiro atoms. The van der Waals surface area contributed by atoms with Crippen molar-refractivity contribution in [2.75, 3.05) is 6.54 Å². The Hall–Kier alpha value is -1.14. The van der Waals surface area contributed by atoms with E-state index in [0.29, 0.717) is 22.5 Å². The molecule has 1 aromatic heterocycles. The maximum Gasteiger partial charge on any atom is 0.262 e. The molecule has 1 amide bonds. The highest BCUT2D eigenvalue weighted by Crippen LogP contribution is 2.23. The van der Waals surface area contributed by atoms with Crippen LogP contribution in [0.2, 0.25) is 0 Å². The van der Waals surface area contributed by atoms with Crippen LogP contribution in [0.3, 0.4) is 0 Å². The van der Waals surface area contributed by atoms with Gasteiger partial charge in [-0.2, -0.15) is 0 Å². The third kappa shape index (κ3) is 3.45. The van der Waals surface area contributed by atoms with Crippen LogP contribution in [0.1, 0.15) is 36.0 Å². The molecule has 1 heterocycles. The number of nitrogens with one attached hydrogen (secondary N) is 2. The summed E-state index contributed by atoms with van der Waals surface area (Å²) in [6, 6.07) is 1.67. The Bertz CT molecular complexity index is 515. The third-order valence-corrected chi connectivity index (χ3v) is 4.24. The molecule has 0 bridgehead atoms. The van der Waals surface area contributed by atoms with Crippen molar-refractivity contribution < 1.29 is 4.79 Å². The zero-order chi connectivity index (χ0) is 13.8. The number of aromatic nitrogens is 1. The van der Waals surface area contributed by atoms with E-state index in [1.54, 1.807) is 0 Å².